The molecular weight excluding hydrogens is 436 g/mol. The molecule has 0 aliphatic rings. The van der Waals surface area contributed by atoms with Crippen molar-refractivity contribution in [2.24, 2.45) is 0 Å². The monoisotopic (exact) mass is 476 g/mol. The molecule has 4 amide bonds. The highest BCUT2D eigenvalue weighted by Gasteiger charge is 2.33. The molecule has 0 saturated heterocycles. The van der Waals surface area contributed by atoms with E-state index in [9.17, 15) is 19.2 Å². The fraction of sp³-hybridized carbons (Fsp3) is 0.600. The molecule has 0 aliphatic carbocycles. The second-order valence-electron chi connectivity index (χ2n) is 9.57. The fourth-order valence-corrected chi connectivity index (χ4v) is 3.28. The number of likely N-dealkylation sites (N-methyl/N-ethyl adjacent to an activating group) is 2. The molecule has 0 fully saturated rings. The van der Waals surface area contributed by atoms with Crippen LogP contribution in [0.1, 0.15) is 52.5 Å². The van der Waals surface area contributed by atoms with Crippen molar-refractivity contribution >= 4 is 23.8 Å². The minimum atomic E-state index is -0.867. The summed E-state index contributed by atoms with van der Waals surface area (Å²) in [5.74, 6) is -0.770. The molecule has 2 N–H and O–H groups in total. The molecule has 9 heteroatoms. The lowest BCUT2D eigenvalue weighted by Crippen LogP contribution is -2.55. The van der Waals surface area contributed by atoms with Crippen LogP contribution in [0.2, 0.25) is 0 Å². The molecule has 2 atom stereocenters. The summed E-state index contributed by atoms with van der Waals surface area (Å²) in [5, 5.41) is 5.57. The smallest absolute Gasteiger partial charge is 0.410 e. The Morgan fingerprint density at radius 1 is 1.00 bits per heavy atom. The van der Waals surface area contributed by atoms with Crippen LogP contribution in [0.25, 0.3) is 0 Å². The van der Waals surface area contributed by atoms with Gasteiger partial charge in [-0.15, -0.1) is 0 Å². The van der Waals surface area contributed by atoms with Crippen LogP contribution < -0.4 is 10.6 Å². The van der Waals surface area contributed by atoms with E-state index in [1.165, 1.54) is 23.8 Å². The Bertz CT molecular complexity index is 820. The second kappa shape index (κ2) is 13.6. The molecule has 1 aromatic rings. The molecular formula is C25H40N4O5. The van der Waals surface area contributed by atoms with Gasteiger partial charge in [0.1, 0.15) is 17.7 Å². The quantitative estimate of drug-likeness (QED) is 0.477. The van der Waals surface area contributed by atoms with Gasteiger partial charge in [-0.05, 0) is 45.6 Å². The van der Waals surface area contributed by atoms with Crippen molar-refractivity contribution < 1.29 is 23.9 Å². The Hall–Kier alpha value is -3.10. The number of rotatable bonds is 11. The number of hydrogen-bond acceptors (Lipinski definition) is 5. The normalized spacial score (nSPS) is 12.8. The summed E-state index contributed by atoms with van der Waals surface area (Å²) in [6, 6.07) is 7.76. The van der Waals surface area contributed by atoms with Crippen LogP contribution in [0.4, 0.5) is 4.79 Å². The second-order valence-corrected chi connectivity index (χ2v) is 9.57. The largest absolute Gasteiger partial charge is 0.444 e. The first-order valence-electron chi connectivity index (χ1n) is 11.6. The first kappa shape index (κ1) is 28.9. The third-order valence-corrected chi connectivity index (χ3v) is 5.07. The van der Waals surface area contributed by atoms with Gasteiger partial charge in [-0.3, -0.25) is 19.3 Å². The molecule has 1 aromatic carbocycles. The summed E-state index contributed by atoms with van der Waals surface area (Å²) in [4.78, 5) is 52.6. The van der Waals surface area contributed by atoms with Crippen LogP contribution in [-0.4, -0.2) is 79.0 Å². The van der Waals surface area contributed by atoms with E-state index in [2.05, 4.69) is 10.6 Å². The summed E-state index contributed by atoms with van der Waals surface area (Å²) in [6.45, 7) is 7.24. The molecule has 0 bridgehead atoms. The number of ether oxygens (including phenoxy) is 1. The maximum Gasteiger partial charge on any atom is 0.410 e. The maximum absolute atomic E-state index is 13.4. The maximum atomic E-state index is 13.4. The van der Waals surface area contributed by atoms with Gasteiger partial charge in [-0.2, -0.15) is 0 Å². The zero-order valence-electron chi connectivity index (χ0n) is 21.5. The van der Waals surface area contributed by atoms with Crippen LogP contribution >= 0.6 is 0 Å². The van der Waals surface area contributed by atoms with Gasteiger partial charge < -0.3 is 20.3 Å². The van der Waals surface area contributed by atoms with Crippen LogP contribution in [0, 0.1) is 0 Å². The van der Waals surface area contributed by atoms with Crippen molar-refractivity contribution in [3.05, 3.63) is 35.9 Å². The topological polar surface area (TPSA) is 108 Å². The number of nitrogens with zero attached hydrogens (tertiary/aromatic N) is 2. The fourth-order valence-electron chi connectivity index (χ4n) is 3.28. The zero-order valence-corrected chi connectivity index (χ0v) is 21.5. The average molecular weight is 477 g/mol. The highest BCUT2D eigenvalue weighted by atomic mass is 16.6. The van der Waals surface area contributed by atoms with Gasteiger partial charge in [0, 0.05) is 41.0 Å². The van der Waals surface area contributed by atoms with Crippen molar-refractivity contribution in [2.75, 3.05) is 27.7 Å². The van der Waals surface area contributed by atoms with Gasteiger partial charge in [-0.25, -0.2) is 4.79 Å². The van der Waals surface area contributed by atoms with Crippen molar-refractivity contribution in [3.63, 3.8) is 0 Å². The lowest BCUT2D eigenvalue weighted by molar-refractivity contribution is -0.136. The summed E-state index contributed by atoms with van der Waals surface area (Å²) >= 11 is 0. The van der Waals surface area contributed by atoms with E-state index in [1.807, 2.05) is 30.3 Å². The van der Waals surface area contributed by atoms with Crippen LogP contribution in [-0.2, 0) is 25.5 Å². The lowest BCUT2D eigenvalue weighted by atomic mass is 10.0. The Labute approximate surface area is 203 Å². The summed E-state index contributed by atoms with van der Waals surface area (Å²) in [7, 11) is 4.79. The Balaban J connectivity index is 3.02. The average Bonchev–Trinajstić information content (AvgIpc) is 2.74. The molecule has 0 aliphatic heterocycles. The summed E-state index contributed by atoms with van der Waals surface area (Å²) < 4.78 is 5.47. The number of carbonyl (C=O) groups excluding carboxylic acids is 4. The van der Waals surface area contributed by atoms with Gasteiger partial charge in [0.25, 0.3) is 0 Å². The van der Waals surface area contributed by atoms with Gasteiger partial charge >= 0.3 is 6.09 Å². The standard InChI is InChI=1S/C25H40N4O5/c1-18(30)26-16-12-11-15-20(23(32)28(5)6)27-22(31)21(17-19-13-9-8-10-14-19)29(7)24(33)34-25(2,3)4/h8-10,13-14,20-21H,11-12,15-17H2,1-7H3,(H,26,30)(H,27,31)/t20?,21-/m1/s1. The SMILES string of the molecule is CC(=O)NCCCCC(NC(=O)[C@@H](Cc1ccccc1)N(C)C(=O)OC(C)(C)C)C(=O)N(C)C. The summed E-state index contributed by atoms with van der Waals surface area (Å²) in [6.07, 6.45) is 1.38. The van der Waals surface area contributed by atoms with Crippen molar-refractivity contribution in [1.82, 2.24) is 20.4 Å². The Kier molecular flexibility index (Phi) is 11.5. The third-order valence-electron chi connectivity index (χ3n) is 5.07. The molecule has 190 valence electrons. The number of benzene rings is 1. The van der Waals surface area contributed by atoms with E-state index < -0.39 is 29.7 Å². The molecule has 0 spiro atoms. The molecule has 0 radical (unpaired) electrons. The molecule has 1 unspecified atom stereocenters. The first-order valence-corrected chi connectivity index (χ1v) is 11.6. The third kappa shape index (κ3) is 10.7. The van der Waals surface area contributed by atoms with Crippen LogP contribution in [0.3, 0.4) is 0 Å². The van der Waals surface area contributed by atoms with Gasteiger partial charge in [-0.1, -0.05) is 30.3 Å². The van der Waals surface area contributed by atoms with E-state index >= 15 is 0 Å². The summed E-state index contributed by atoms with van der Waals surface area (Å²) in [5.41, 5.74) is 0.167. The minimum absolute atomic E-state index is 0.108. The first-order chi connectivity index (χ1) is 15.8. The van der Waals surface area contributed by atoms with Crippen LogP contribution in [0.15, 0.2) is 30.3 Å². The highest BCUT2D eigenvalue weighted by Crippen LogP contribution is 2.15. The van der Waals surface area contributed by atoms with Crippen molar-refractivity contribution in [1.29, 1.82) is 0 Å². The van der Waals surface area contributed by atoms with E-state index in [4.69, 9.17) is 4.74 Å². The Morgan fingerprint density at radius 3 is 2.15 bits per heavy atom. The molecule has 9 nitrogen and oxygen atoms in total. The molecule has 0 saturated carbocycles. The minimum Gasteiger partial charge on any atom is -0.444 e. The van der Waals surface area contributed by atoms with E-state index in [1.54, 1.807) is 34.9 Å². The molecule has 0 heterocycles. The number of hydrogen-bond donors (Lipinski definition) is 2. The lowest BCUT2D eigenvalue weighted by Gasteiger charge is -2.31. The number of unbranched alkanes of at least 4 members (excludes halogenated alkanes) is 1. The van der Waals surface area contributed by atoms with Gasteiger partial charge in [0.05, 0.1) is 0 Å². The zero-order chi connectivity index (χ0) is 25.9. The van der Waals surface area contributed by atoms with E-state index in [0.29, 0.717) is 25.8 Å². The van der Waals surface area contributed by atoms with Crippen molar-refractivity contribution in [2.45, 2.75) is 71.1 Å². The molecule has 34 heavy (non-hydrogen) atoms. The number of amides is 4. The molecule has 1 rings (SSSR count). The van der Waals surface area contributed by atoms with E-state index in [0.717, 1.165) is 5.56 Å². The predicted molar refractivity (Wildman–Crippen MR) is 131 cm³/mol. The molecule has 0 aromatic heterocycles. The van der Waals surface area contributed by atoms with Crippen LogP contribution in [0.5, 0.6) is 0 Å². The van der Waals surface area contributed by atoms with Gasteiger partial charge in [0.15, 0.2) is 0 Å². The number of nitrogens with one attached hydrogen (secondary N) is 2. The Morgan fingerprint density at radius 2 is 1.62 bits per heavy atom. The highest BCUT2D eigenvalue weighted by molar-refractivity contribution is 5.91. The van der Waals surface area contributed by atoms with Gasteiger partial charge in [0.2, 0.25) is 17.7 Å². The van der Waals surface area contributed by atoms with E-state index in [-0.39, 0.29) is 18.2 Å². The van der Waals surface area contributed by atoms with Crippen molar-refractivity contribution in [3.8, 4) is 0 Å². The number of carbonyl (C=O) groups is 4. The predicted octanol–water partition coefficient (Wildman–Crippen LogP) is 2.34.